The molecule has 1 aliphatic carbocycles. The van der Waals surface area contributed by atoms with Crippen LogP contribution >= 0.6 is 0 Å². The summed E-state index contributed by atoms with van der Waals surface area (Å²) >= 11 is 0. The van der Waals surface area contributed by atoms with Crippen molar-refractivity contribution in [2.45, 2.75) is 39.3 Å². The topological polar surface area (TPSA) is 14.1 Å². The number of nitrogens with zero attached hydrogens (tertiary/aromatic N) is 1. The van der Waals surface area contributed by atoms with Crippen molar-refractivity contribution in [2.24, 2.45) is 0 Å². The fourth-order valence-corrected chi connectivity index (χ4v) is 2.20. The third-order valence-electron chi connectivity index (χ3n) is 2.36. The maximum atomic E-state index is 4.51. The molecule has 1 aliphatic rings. The molecule has 0 aliphatic heterocycles. The Morgan fingerprint density at radius 2 is 1.40 bits per heavy atom. The minimum atomic E-state index is 0. The molecule has 0 aromatic heterocycles. The Labute approximate surface area is 193 Å². The Morgan fingerprint density at radius 3 is 1.68 bits per heavy atom. The van der Waals surface area contributed by atoms with Gasteiger partial charge in [0.25, 0.3) is 0 Å². The minimum absolute atomic E-state index is 0. The van der Waals surface area contributed by atoms with Crippen molar-refractivity contribution < 1.29 is 51.0 Å². The zero-order chi connectivity index (χ0) is 13.4. The number of halogens is 2. The zero-order valence-corrected chi connectivity index (χ0v) is 22.2. The van der Waals surface area contributed by atoms with Crippen molar-refractivity contribution in [1.82, 2.24) is 0 Å². The summed E-state index contributed by atoms with van der Waals surface area (Å²) in [6.07, 6.45) is 7.28. The van der Waals surface area contributed by atoms with Gasteiger partial charge in [-0.05, 0) is 6.42 Å². The molecule has 1 aromatic carbocycles. The standard InChI is InChI=1S/C9H14N.C7H9Si.4CH3.2ClH.Zr/c1-9(2,3)10-8-6-4-5-7-8;1-8-7-5-3-2-4-6-7;;;;;;;/h4-6H,7H2,1-3H3;2-6,8H,1H3;4*1H3;2*1H;/q-1;;4*-1;;;+2/p-2. The van der Waals surface area contributed by atoms with E-state index in [4.69, 9.17) is 0 Å². The molecule has 0 amide bonds. The van der Waals surface area contributed by atoms with Crippen molar-refractivity contribution in [3.63, 3.8) is 0 Å². The van der Waals surface area contributed by atoms with E-state index in [0.717, 1.165) is 6.42 Å². The summed E-state index contributed by atoms with van der Waals surface area (Å²) in [5.74, 6) is 0. The number of hydrogen-bond donors (Lipinski definition) is 0. The molecule has 0 N–H and O–H groups in total. The summed E-state index contributed by atoms with van der Waals surface area (Å²) in [5, 5.41) is 6.00. The van der Waals surface area contributed by atoms with Gasteiger partial charge < -0.3 is 59.8 Å². The Morgan fingerprint density at radius 1 is 0.920 bits per heavy atom. The van der Waals surface area contributed by atoms with Gasteiger partial charge >= 0.3 is 26.2 Å². The van der Waals surface area contributed by atoms with Crippen molar-refractivity contribution in [1.29, 1.82) is 0 Å². The van der Waals surface area contributed by atoms with E-state index in [-0.39, 0.29) is 86.3 Å². The molecule has 0 saturated heterocycles. The van der Waals surface area contributed by atoms with Gasteiger partial charge in [0.1, 0.15) is 0 Å². The van der Waals surface area contributed by atoms with Crippen molar-refractivity contribution >= 4 is 14.7 Å². The average molecular weight is 480 g/mol. The average Bonchev–Trinajstić information content (AvgIpc) is 2.81. The second kappa shape index (κ2) is 24.2. The second-order valence-electron chi connectivity index (χ2n) is 5.27. The van der Waals surface area contributed by atoms with E-state index in [2.05, 4.69) is 81.2 Å². The maximum absolute atomic E-state index is 4.51. The van der Waals surface area contributed by atoms with Crippen LogP contribution in [0.15, 0.2) is 54.3 Å². The monoisotopic (exact) mass is 477 g/mol. The zero-order valence-electron chi connectivity index (χ0n) is 17.1. The van der Waals surface area contributed by atoms with E-state index in [0.29, 0.717) is 9.52 Å². The van der Waals surface area contributed by atoms with Gasteiger partial charge in [0.05, 0.1) is 9.52 Å². The summed E-state index contributed by atoms with van der Waals surface area (Å²) in [4.78, 5) is 0. The van der Waals surface area contributed by atoms with Crippen LogP contribution in [0.5, 0.6) is 0 Å². The molecule has 0 spiro atoms. The van der Waals surface area contributed by atoms with Crippen LogP contribution in [0.3, 0.4) is 0 Å². The van der Waals surface area contributed by atoms with Crippen LogP contribution in [0, 0.1) is 29.7 Å². The molecule has 2 rings (SSSR count). The van der Waals surface area contributed by atoms with Gasteiger partial charge in [0, 0.05) is 0 Å². The molecule has 5 heteroatoms. The fraction of sp³-hybridized carbons (Fsp3) is 0.300. The van der Waals surface area contributed by atoms with E-state index in [1.54, 1.807) is 0 Å². The summed E-state index contributed by atoms with van der Waals surface area (Å²) in [6.45, 7) is 8.60. The first-order valence-corrected chi connectivity index (χ1v) is 8.17. The molecular weight excluding hydrogens is 444 g/mol. The summed E-state index contributed by atoms with van der Waals surface area (Å²) in [6, 6.07) is 10.6. The van der Waals surface area contributed by atoms with Crippen LogP contribution < -0.4 is 30.0 Å². The molecule has 0 saturated carbocycles. The molecule has 1 aromatic rings. The Kier molecular flexibility index (Phi) is 43.1. The van der Waals surface area contributed by atoms with Crippen LogP contribution in [-0.2, 0) is 26.2 Å². The number of rotatable bonds is 2. The van der Waals surface area contributed by atoms with Gasteiger partial charge in [0.2, 0.25) is 0 Å². The molecule has 0 fully saturated rings. The molecule has 1 nitrogen and oxygen atoms in total. The summed E-state index contributed by atoms with van der Waals surface area (Å²) in [5.41, 5.74) is 1.28. The third kappa shape index (κ3) is 24.2. The number of benzene rings is 1. The Bertz CT molecular complexity index is 415. The van der Waals surface area contributed by atoms with Crippen molar-refractivity contribution in [2.75, 3.05) is 0 Å². The normalized spacial score (nSPS) is 9.84. The Hall–Kier alpha value is 0.180. The molecule has 25 heavy (non-hydrogen) atoms. The van der Waals surface area contributed by atoms with Crippen molar-refractivity contribution in [3.8, 4) is 0 Å². The van der Waals surface area contributed by atoms with Gasteiger partial charge in [-0.2, -0.15) is 5.70 Å². The molecule has 0 unspecified atom stereocenters. The van der Waals surface area contributed by atoms with Crippen LogP contribution in [0.2, 0.25) is 6.55 Å². The van der Waals surface area contributed by atoms with E-state index in [9.17, 15) is 0 Å². The van der Waals surface area contributed by atoms with E-state index < -0.39 is 0 Å². The first-order valence-electron chi connectivity index (χ1n) is 6.44. The van der Waals surface area contributed by atoms with Gasteiger partial charge in [0.15, 0.2) is 0 Å². The fourth-order valence-electron chi connectivity index (χ4n) is 1.60. The molecule has 147 valence electrons. The van der Waals surface area contributed by atoms with Gasteiger partial charge in [-0.1, -0.05) is 81.1 Å². The van der Waals surface area contributed by atoms with Crippen molar-refractivity contribution in [3.05, 3.63) is 89.3 Å². The number of allylic oxidation sites excluding steroid dienone is 3. The van der Waals surface area contributed by atoms with E-state index >= 15 is 0 Å². The first kappa shape index (κ1) is 44.5. The van der Waals surface area contributed by atoms with Crippen LogP contribution in [0.4, 0.5) is 0 Å². The largest absolute Gasteiger partial charge is 2.00 e. The minimum Gasteiger partial charge on any atom is -1.00 e. The molecule has 1 radical (unpaired) electrons. The van der Waals surface area contributed by atoms with Crippen LogP contribution in [0.25, 0.3) is 5.32 Å². The summed E-state index contributed by atoms with van der Waals surface area (Å²) in [7, 11) is 0.511. The first-order chi connectivity index (χ1) is 8.51. The number of hydrogen-bond acceptors (Lipinski definition) is 0. The second-order valence-corrected chi connectivity index (χ2v) is 6.52. The van der Waals surface area contributed by atoms with Gasteiger partial charge in [-0.3, -0.25) is 0 Å². The summed E-state index contributed by atoms with van der Waals surface area (Å²) < 4.78 is 0. The predicted molar refractivity (Wildman–Crippen MR) is 110 cm³/mol. The van der Waals surface area contributed by atoms with Crippen LogP contribution in [0.1, 0.15) is 27.2 Å². The molecule has 0 bridgehead atoms. The third-order valence-corrected chi connectivity index (χ3v) is 3.42. The maximum Gasteiger partial charge on any atom is 2.00 e. The van der Waals surface area contributed by atoms with E-state index in [1.165, 1.54) is 10.9 Å². The Balaban J connectivity index is -0.0000000409. The van der Waals surface area contributed by atoms with Gasteiger partial charge in [-0.25, -0.2) is 0 Å². The molecular formula is C20H35Cl2NSiZr-5. The van der Waals surface area contributed by atoms with E-state index in [1.807, 2.05) is 0 Å². The van der Waals surface area contributed by atoms with Gasteiger partial charge in [-0.15, -0.1) is 5.54 Å². The smallest absolute Gasteiger partial charge is 1.00 e. The van der Waals surface area contributed by atoms with Crippen LogP contribution in [-0.4, -0.2) is 15.1 Å². The predicted octanol–water partition coefficient (Wildman–Crippen LogP) is -0.394. The molecule has 0 heterocycles. The quantitative estimate of drug-likeness (QED) is 0.405. The molecule has 0 atom stereocenters. The SMILES string of the molecule is CC(C)(C)[N-]C1=CC=CC1.C[SiH]c1ccccc1.[CH3-].[CH3-].[CH3-].[CH3-].[Cl-].[Cl-].[Zr+2].